The number of carbonyl (C=O) groups is 2. The number of hydrogen-bond acceptors (Lipinski definition) is 8. The minimum atomic E-state index is -0.417. The predicted octanol–water partition coefficient (Wildman–Crippen LogP) is 5.65. The average Bonchev–Trinajstić information content (AvgIpc) is 3.36. The van der Waals surface area contributed by atoms with E-state index in [4.69, 9.17) is 14.0 Å². The molecule has 1 aromatic carbocycles. The van der Waals surface area contributed by atoms with E-state index in [0.29, 0.717) is 45.9 Å². The lowest BCUT2D eigenvalue weighted by Crippen LogP contribution is -2.32. The van der Waals surface area contributed by atoms with Gasteiger partial charge in [-0.3, -0.25) is 9.69 Å². The smallest absolute Gasteiger partial charge is 0.350 e. The molecule has 0 aliphatic carbocycles. The van der Waals surface area contributed by atoms with Crippen molar-refractivity contribution >= 4 is 28.3 Å². The van der Waals surface area contributed by atoms with Crippen LogP contribution in [0.3, 0.4) is 0 Å². The molecule has 0 unspecified atom stereocenters. The van der Waals surface area contributed by atoms with Gasteiger partial charge in [0.05, 0.1) is 23.6 Å². The Balaban J connectivity index is 1.83. The molecule has 8 nitrogen and oxygen atoms in total. The Kier molecular flexibility index (Phi) is 8.81. The maximum atomic E-state index is 13.5. The minimum absolute atomic E-state index is 0.192. The maximum Gasteiger partial charge on any atom is 0.350 e. The SMILES string of the molecule is CCCCCN(C(=O)c1cccc(OCc2c(C)noc2C)c1)c1nc(C)c(C(=O)OCC)s1. The molecule has 0 atom stereocenters. The molecule has 2 aromatic heterocycles. The van der Waals surface area contributed by atoms with Gasteiger partial charge in [0.15, 0.2) is 5.13 Å². The van der Waals surface area contributed by atoms with Crippen LogP contribution in [0.15, 0.2) is 28.8 Å². The largest absolute Gasteiger partial charge is 0.489 e. The Morgan fingerprint density at radius 3 is 2.59 bits per heavy atom. The van der Waals surface area contributed by atoms with Gasteiger partial charge in [-0.15, -0.1) is 0 Å². The number of ether oxygens (including phenoxy) is 2. The van der Waals surface area contributed by atoms with Crippen LogP contribution in [0.25, 0.3) is 0 Å². The molecule has 0 fully saturated rings. The van der Waals surface area contributed by atoms with Crippen molar-refractivity contribution in [3.8, 4) is 5.75 Å². The molecular weight excluding hydrogens is 454 g/mol. The number of unbranched alkanes of at least 4 members (excludes halogenated alkanes) is 2. The third-order valence-corrected chi connectivity index (χ3v) is 6.51. The average molecular weight is 486 g/mol. The number of amides is 1. The van der Waals surface area contributed by atoms with Gasteiger partial charge >= 0.3 is 5.97 Å². The van der Waals surface area contributed by atoms with Crippen molar-refractivity contribution in [2.45, 2.75) is 60.5 Å². The second kappa shape index (κ2) is 11.8. The number of benzene rings is 1. The molecular formula is C25H31N3O5S. The number of esters is 1. The molecule has 0 aliphatic rings. The number of thiazole rings is 1. The molecule has 0 spiro atoms. The summed E-state index contributed by atoms with van der Waals surface area (Å²) in [6, 6.07) is 7.07. The van der Waals surface area contributed by atoms with Crippen molar-refractivity contribution in [2.24, 2.45) is 0 Å². The van der Waals surface area contributed by atoms with Crippen LogP contribution >= 0.6 is 11.3 Å². The van der Waals surface area contributed by atoms with Gasteiger partial charge in [0.2, 0.25) is 0 Å². The Morgan fingerprint density at radius 2 is 1.91 bits per heavy atom. The first kappa shape index (κ1) is 25.4. The molecule has 9 heteroatoms. The second-order valence-electron chi connectivity index (χ2n) is 7.91. The van der Waals surface area contributed by atoms with Crippen LogP contribution in [-0.4, -0.2) is 35.2 Å². The third kappa shape index (κ3) is 6.02. The van der Waals surface area contributed by atoms with Crippen molar-refractivity contribution in [1.82, 2.24) is 10.1 Å². The fourth-order valence-corrected chi connectivity index (χ4v) is 4.41. The summed E-state index contributed by atoms with van der Waals surface area (Å²) in [5.74, 6) is 0.674. The Hall–Kier alpha value is -3.20. The lowest BCUT2D eigenvalue weighted by atomic mass is 10.1. The topological polar surface area (TPSA) is 94.8 Å². The van der Waals surface area contributed by atoms with Crippen molar-refractivity contribution < 1.29 is 23.6 Å². The first-order valence-corrected chi connectivity index (χ1v) is 12.3. The zero-order valence-electron chi connectivity index (χ0n) is 20.3. The summed E-state index contributed by atoms with van der Waals surface area (Å²) in [5.41, 5.74) is 2.72. The lowest BCUT2D eigenvalue weighted by molar-refractivity contribution is 0.0531. The first-order chi connectivity index (χ1) is 16.3. The molecule has 0 bridgehead atoms. The van der Waals surface area contributed by atoms with E-state index in [2.05, 4.69) is 17.1 Å². The van der Waals surface area contributed by atoms with Crippen molar-refractivity contribution in [3.63, 3.8) is 0 Å². The molecule has 3 aromatic rings. The zero-order chi connectivity index (χ0) is 24.7. The van der Waals surface area contributed by atoms with E-state index in [-0.39, 0.29) is 12.5 Å². The molecule has 0 saturated carbocycles. The quantitative estimate of drug-likeness (QED) is 0.256. The van der Waals surface area contributed by atoms with Gasteiger partial charge < -0.3 is 14.0 Å². The highest BCUT2D eigenvalue weighted by molar-refractivity contribution is 7.17. The van der Waals surface area contributed by atoms with E-state index < -0.39 is 5.97 Å². The van der Waals surface area contributed by atoms with E-state index in [1.54, 1.807) is 36.9 Å². The van der Waals surface area contributed by atoms with E-state index in [9.17, 15) is 9.59 Å². The molecule has 3 rings (SSSR count). The molecule has 34 heavy (non-hydrogen) atoms. The molecule has 0 N–H and O–H groups in total. The lowest BCUT2D eigenvalue weighted by Gasteiger charge is -2.20. The molecule has 0 aliphatic heterocycles. The summed E-state index contributed by atoms with van der Waals surface area (Å²) in [4.78, 5) is 32.4. The number of rotatable bonds is 11. The second-order valence-corrected chi connectivity index (χ2v) is 8.89. The first-order valence-electron chi connectivity index (χ1n) is 11.5. The van der Waals surface area contributed by atoms with E-state index in [1.165, 1.54) is 11.3 Å². The monoisotopic (exact) mass is 485 g/mol. The number of nitrogens with zero attached hydrogens (tertiary/aromatic N) is 3. The fourth-order valence-electron chi connectivity index (χ4n) is 3.43. The van der Waals surface area contributed by atoms with Gasteiger partial charge in [-0.25, -0.2) is 9.78 Å². The Bertz CT molecular complexity index is 1120. The molecule has 0 radical (unpaired) electrons. The van der Waals surface area contributed by atoms with Crippen LogP contribution in [0.2, 0.25) is 0 Å². The van der Waals surface area contributed by atoms with Crippen LogP contribution in [0.1, 0.15) is 75.9 Å². The summed E-state index contributed by atoms with van der Waals surface area (Å²) < 4.78 is 16.2. The number of carbonyl (C=O) groups excluding carboxylic acids is 2. The van der Waals surface area contributed by atoms with Crippen LogP contribution in [0.4, 0.5) is 5.13 Å². The van der Waals surface area contributed by atoms with Gasteiger partial charge in [0.25, 0.3) is 5.91 Å². The molecule has 182 valence electrons. The van der Waals surface area contributed by atoms with Crippen LogP contribution in [0, 0.1) is 20.8 Å². The Labute approximate surface area is 203 Å². The summed E-state index contributed by atoms with van der Waals surface area (Å²) in [6.07, 6.45) is 2.84. The zero-order valence-corrected chi connectivity index (χ0v) is 21.2. The number of anilines is 1. The van der Waals surface area contributed by atoms with Gasteiger partial charge in [-0.2, -0.15) is 0 Å². The summed E-state index contributed by atoms with van der Waals surface area (Å²) in [7, 11) is 0. The van der Waals surface area contributed by atoms with E-state index >= 15 is 0 Å². The van der Waals surface area contributed by atoms with E-state index in [0.717, 1.165) is 30.5 Å². The maximum absolute atomic E-state index is 13.5. The molecule has 0 saturated heterocycles. The molecule has 1 amide bonds. The summed E-state index contributed by atoms with van der Waals surface area (Å²) >= 11 is 1.18. The summed E-state index contributed by atoms with van der Waals surface area (Å²) in [6.45, 7) is 10.4. The van der Waals surface area contributed by atoms with Crippen LogP contribution in [0.5, 0.6) is 5.75 Å². The summed E-state index contributed by atoms with van der Waals surface area (Å²) in [5, 5.41) is 4.43. The van der Waals surface area contributed by atoms with Crippen LogP contribution < -0.4 is 9.64 Å². The normalized spacial score (nSPS) is 10.9. The van der Waals surface area contributed by atoms with Crippen molar-refractivity contribution in [2.75, 3.05) is 18.1 Å². The Morgan fingerprint density at radius 1 is 1.12 bits per heavy atom. The minimum Gasteiger partial charge on any atom is -0.489 e. The fraction of sp³-hybridized carbons (Fsp3) is 0.440. The van der Waals surface area contributed by atoms with E-state index in [1.807, 2.05) is 19.9 Å². The van der Waals surface area contributed by atoms with Crippen LogP contribution in [-0.2, 0) is 11.3 Å². The number of aromatic nitrogens is 2. The third-order valence-electron chi connectivity index (χ3n) is 5.35. The number of hydrogen-bond donors (Lipinski definition) is 0. The highest BCUT2D eigenvalue weighted by Gasteiger charge is 2.25. The van der Waals surface area contributed by atoms with Gasteiger partial charge in [0.1, 0.15) is 23.0 Å². The highest BCUT2D eigenvalue weighted by atomic mass is 32.1. The van der Waals surface area contributed by atoms with Gasteiger partial charge in [-0.05, 0) is 52.3 Å². The molecule has 2 heterocycles. The standard InChI is InChI=1S/C25H31N3O5S/c1-6-8-9-13-28(25-26-17(4)22(34-25)24(30)31-7-2)23(29)19-11-10-12-20(14-19)32-15-21-16(3)27-33-18(21)5/h10-12,14H,6-9,13,15H2,1-5H3. The van der Waals surface area contributed by atoms with Crippen molar-refractivity contribution in [3.05, 3.63) is 57.4 Å². The number of aryl methyl sites for hydroxylation is 3. The predicted molar refractivity (Wildman–Crippen MR) is 131 cm³/mol. The van der Waals surface area contributed by atoms with Gasteiger partial charge in [0, 0.05) is 12.1 Å². The van der Waals surface area contributed by atoms with Crippen molar-refractivity contribution in [1.29, 1.82) is 0 Å². The van der Waals surface area contributed by atoms with Gasteiger partial charge in [-0.1, -0.05) is 42.3 Å². The highest BCUT2D eigenvalue weighted by Crippen LogP contribution is 2.29.